The zero-order valence-electron chi connectivity index (χ0n) is 7.06. The molecule has 12 heavy (non-hydrogen) atoms. The number of rotatable bonds is 4. The van der Waals surface area contributed by atoms with Crippen molar-refractivity contribution in [1.82, 2.24) is 0 Å². The smallest absolute Gasteiger partial charge is 0.192 e. The monoisotopic (exact) mass is 178 g/mol. The van der Waals surface area contributed by atoms with Gasteiger partial charge in [-0.05, 0) is 13.8 Å². The van der Waals surface area contributed by atoms with Gasteiger partial charge in [-0.25, -0.2) is 0 Å². The Morgan fingerprint density at radius 2 is 1.92 bits per heavy atom. The van der Waals surface area contributed by atoms with Gasteiger partial charge in [0.05, 0.1) is 6.10 Å². The lowest BCUT2D eigenvalue weighted by molar-refractivity contribution is -0.159. The molecular weight excluding hydrogens is 164 g/mol. The number of aliphatic hydroxyl groups excluding tert-OH is 3. The molecule has 0 rings (SSSR count). The van der Waals surface area contributed by atoms with Crippen LogP contribution >= 0.6 is 0 Å². The van der Waals surface area contributed by atoms with Gasteiger partial charge in [0, 0.05) is 0 Å². The van der Waals surface area contributed by atoms with Crippen LogP contribution in [0.4, 0.5) is 0 Å². The Balaban J connectivity index is 4.48. The number of Topliss-reactive ketones (excluding diaryl/α,β-unsaturated/α-hetero) is 1. The third kappa shape index (κ3) is 2.25. The van der Waals surface area contributed by atoms with Crippen LogP contribution in [-0.2, 0) is 4.79 Å². The van der Waals surface area contributed by atoms with Crippen molar-refractivity contribution >= 4 is 5.78 Å². The average molecular weight is 178 g/mol. The Hall–Kier alpha value is -0.490. The summed E-state index contributed by atoms with van der Waals surface area (Å²) in [7, 11) is 0. The highest BCUT2D eigenvalue weighted by molar-refractivity contribution is 5.88. The average Bonchev–Trinajstić information content (AvgIpc) is 2.01. The van der Waals surface area contributed by atoms with Crippen molar-refractivity contribution in [2.75, 3.05) is 6.61 Å². The van der Waals surface area contributed by atoms with E-state index in [-0.39, 0.29) is 0 Å². The van der Waals surface area contributed by atoms with Gasteiger partial charge in [-0.3, -0.25) is 4.79 Å². The van der Waals surface area contributed by atoms with Crippen molar-refractivity contribution in [2.24, 2.45) is 0 Å². The van der Waals surface area contributed by atoms with Crippen molar-refractivity contribution in [1.29, 1.82) is 0 Å². The molecule has 0 aliphatic rings. The van der Waals surface area contributed by atoms with E-state index in [9.17, 15) is 9.90 Å². The van der Waals surface area contributed by atoms with E-state index in [0.717, 1.165) is 6.92 Å². The van der Waals surface area contributed by atoms with Gasteiger partial charge in [0.15, 0.2) is 11.4 Å². The van der Waals surface area contributed by atoms with Gasteiger partial charge < -0.3 is 20.4 Å². The minimum atomic E-state index is -2.09. The normalized spacial score (nSPS) is 21.2. The fourth-order valence-electron chi connectivity index (χ4n) is 0.795. The summed E-state index contributed by atoms with van der Waals surface area (Å²) in [6.45, 7) is 1.42. The molecule has 0 unspecified atom stereocenters. The molecular formula is C7H14O5. The highest BCUT2D eigenvalue weighted by atomic mass is 16.4. The first-order chi connectivity index (χ1) is 5.34. The Morgan fingerprint density at radius 1 is 1.50 bits per heavy atom. The number of hydrogen-bond donors (Lipinski definition) is 4. The highest BCUT2D eigenvalue weighted by Crippen LogP contribution is 2.14. The van der Waals surface area contributed by atoms with Gasteiger partial charge in [0.2, 0.25) is 0 Å². The molecule has 0 aliphatic heterocycles. The molecule has 4 N–H and O–H groups in total. The van der Waals surface area contributed by atoms with Crippen LogP contribution in [0.3, 0.4) is 0 Å². The number of ketones is 1. The van der Waals surface area contributed by atoms with Gasteiger partial charge in [-0.15, -0.1) is 0 Å². The minimum Gasteiger partial charge on any atom is -0.391 e. The van der Waals surface area contributed by atoms with E-state index in [0.29, 0.717) is 0 Å². The van der Waals surface area contributed by atoms with Crippen molar-refractivity contribution in [3.8, 4) is 0 Å². The summed E-state index contributed by atoms with van der Waals surface area (Å²) in [4.78, 5) is 10.8. The molecule has 0 fully saturated rings. The van der Waals surface area contributed by atoms with Crippen molar-refractivity contribution in [2.45, 2.75) is 31.7 Å². The molecule has 0 saturated carbocycles. The summed E-state index contributed by atoms with van der Waals surface area (Å²) in [5.41, 5.74) is -2.09. The minimum absolute atomic E-state index is 0.864. The van der Waals surface area contributed by atoms with Crippen LogP contribution < -0.4 is 0 Å². The first kappa shape index (κ1) is 11.5. The summed E-state index contributed by atoms with van der Waals surface area (Å²) < 4.78 is 0. The van der Waals surface area contributed by atoms with E-state index in [1.165, 1.54) is 6.92 Å². The lowest BCUT2D eigenvalue weighted by Gasteiger charge is -2.28. The lowest BCUT2D eigenvalue weighted by atomic mass is 9.91. The molecule has 0 aromatic carbocycles. The molecule has 0 aliphatic carbocycles. The third-order valence-corrected chi connectivity index (χ3v) is 1.74. The summed E-state index contributed by atoms with van der Waals surface area (Å²) in [6, 6.07) is 0. The highest BCUT2D eigenvalue weighted by Gasteiger charge is 2.39. The van der Waals surface area contributed by atoms with Crippen LogP contribution in [0.1, 0.15) is 13.8 Å². The van der Waals surface area contributed by atoms with Gasteiger partial charge in [0.25, 0.3) is 0 Å². The van der Waals surface area contributed by atoms with E-state index in [2.05, 4.69) is 0 Å². The maximum absolute atomic E-state index is 10.8. The fourth-order valence-corrected chi connectivity index (χ4v) is 0.795. The van der Waals surface area contributed by atoms with Crippen LogP contribution in [-0.4, -0.2) is 50.6 Å². The van der Waals surface area contributed by atoms with Crippen molar-refractivity contribution in [3.05, 3.63) is 0 Å². The van der Waals surface area contributed by atoms with Gasteiger partial charge in [0.1, 0.15) is 12.7 Å². The summed E-state index contributed by atoms with van der Waals surface area (Å²) in [5, 5.41) is 35.7. The molecule has 0 saturated heterocycles. The van der Waals surface area contributed by atoms with E-state index in [1.807, 2.05) is 0 Å². The second-order valence-electron chi connectivity index (χ2n) is 2.91. The second kappa shape index (κ2) is 3.95. The van der Waals surface area contributed by atoms with Crippen molar-refractivity contribution in [3.63, 3.8) is 0 Å². The maximum Gasteiger partial charge on any atom is 0.192 e. The Kier molecular flexibility index (Phi) is 3.79. The Bertz CT molecular complexity index is 163. The first-order valence-corrected chi connectivity index (χ1v) is 3.56. The molecule has 72 valence electrons. The molecule has 0 aromatic rings. The van der Waals surface area contributed by atoms with Gasteiger partial charge in [-0.1, -0.05) is 0 Å². The largest absolute Gasteiger partial charge is 0.391 e. The predicted molar refractivity (Wildman–Crippen MR) is 40.4 cm³/mol. The molecule has 3 atom stereocenters. The molecule has 0 bridgehead atoms. The van der Waals surface area contributed by atoms with Crippen LogP contribution in [0.25, 0.3) is 0 Å². The molecule has 0 spiro atoms. The number of hydrogen-bond acceptors (Lipinski definition) is 5. The van der Waals surface area contributed by atoms with Crippen molar-refractivity contribution < 1.29 is 25.2 Å². The van der Waals surface area contributed by atoms with Crippen LogP contribution in [0, 0.1) is 0 Å². The number of carbonyl (C=O) groups is 1. The predicted octanol–water partition coefficient (Wildman–Crippen LogP) is -1.96. The number of carbonyl (C=O) groups excluding carboxylic acids is 1. The van der Waals surface area contributed by atoms with E-state index in [1.54, 1.807) is 0 Å². The molecule has 0 heterocycles. The summed E-state index contributed by atoms with van der Waals surface area (Å²) in [6.07, 6.45) is -2.81. The summed E-state index contributed by atoms with van der Waals surface area (Å²) in [5.74, 6) is -0.920. The fraction of sp³-hybridized carbons (Fsp3) is 0.857. The van der Waals surface area contributed by atoms with Crippen LogP contribution in [0.5, 0.6) is 0 Å². The second-order valence-corrected chi connectivity index (χ2v) is 2.91. The third-order valence-electron chi connectivity index (χ3n) is 1.74. The standard InChI is InChI=1S/C7H14O5/c1-4(9)6(11)7(2,12)5(10)3-8/h4,6,8-9,11-12H,3H2,1-2H3/t4-,6-,7-/m1/s1. The Labute approximate surface area is 70.3 Å². The van der Waals surface area contributed by atoms with Crippen LogP contribution in [0.2, 0.25) is 0 Å². The van der Waals surface area contributed by atoms with Gasteiger partial charge in [-0.2, -0.15) is 0 Å². The maximum atomic E-state index is 10.8. The molecule has 5 nitrogen and oxygen atoms in total. The molecule has 0 aromatic heterocycles. The topological polar surface area (TPSA) is 98.0 Å². The van der Waals surface area contributed by atoms with E-state index >= 15 is 0 Å². The van der Waals surface area contributed by atoms with Crippen LogP contribution in [0.15, 0.2) is 0 Å². The Morgan fingerprint density at radius 3 is 2.17 bits per heavy atom. The summed E-state index contributed by atoms with van der Waals surface area (Å²) >= 11 is 0. The first-order valence-electron chi connectivity index (χ1n) is 3.56. The van der Waals surface area contributed by atoms with E-state index in [4.69, 9.17) is 15.3 Å². The molecule has 5 heteroatoms. The zero-order valence-corrected chi connectivity index (χ0v) is 7.06. The van der Waals surface area contributed by atoms with E-state index < -0.39 is 30.2 Å². The lowest BCUT2D eigenvalue weighted by Crippen LogP contribution is -2.52. The van der Waals surface area contributed by atoms with Gasteiger partial charge >= 0.3 is 0 Å². The zero-order chi connectivity index (χ0) is 9.94. The number of aliphatic hydroxyl groups is 4. The SMILES string of the molecule is C[C@@H](O)[C@@H](O)[C@](C)(O)C(=O)CO. The molecule has 0 radical (unpaired) electrons. The quantitative estimate of drug-likeness (QED) is 0.401. The molecule has 0 amide bonds.